The van der Waals surface area contributed by atoms with Gasteiger partial charge in [0, 0.05) is 33.4 Å². The molecule has 3 rings (SSSR count). The zero-order valence-electron chi connectivity index (χ0n) is 9.75. The van der Waals surface area contributed by atoms with Crippen LogP contribution in [-0.2, 0) is 0 Å². The average Bonchev–Trinajstić information content (AvgIpc) is 2.90. The van der Waals surface area contributed by atoms with Gasteiger partial charge in [0.2, 0.25) is 0 Å². The lowest BCUT2D eigenvalue weighted by Crippen LogP contribution is -3.00. The first-order chi connectivity index (χ1) is 8.83. The second-order valence-electron chi connectivity index (χ2n) is 3.78. The molecule has 0 saturated carbocycles. The SMILES string of the molecule is Brc1ccc(-c2csc(-c3ccncc3)n2)cc1.[Br-]. The summed E-state index contributed by atoms with van der Waals surface area (Å²) in [5, 5.41) is 3.11. The lowest BCUT2D eigenvalue weighted by molar-refractivity contribution is -0.00000342. The van der Waals surface area contributed by atoms with Crippen molar-refractivity contribution in [1.82, 2.24) is 9.97 Å². The number of halogens is 2. The highest BCUT2D eigenvalue weighted by Crippen LogP contribution is 2.28. The van der Waals surface area contributed by atoms with Crippen molar-refractivity contribution in [2.75, 3.05) is 0 Å². The zero-order valence-corrected chi connectivity index (χ0v) is 13.7. The van der Waals surface area contributed by atoms with Crippen molar-refractivity contribution in [3.63, 3.8) is 0 Å². The predicted molar refractivity (Wildman–Crippen MR) is 78.5 cm³/mol. The molecule has 0 atom stereocenters. The van der Waals surface area contributed by atoms with Gasteiger partial charge in [-0.3, -0.25) is 4.98 Å². The van der Waals surface area contributed by atoms with Crippen LogP contribution in [0.15, 0.2) is 58.6 Å². The zero-order chi connectivity index (χ0) is 12.4. The van der Waals surface area contributed by atoms with Crippen LogP contribution >= 0.6 is 27.3 Å². The lowest BCUT2D eigenvalue weighted by atomic mass is 10.2. The van der Waals surface area contributed by atoms with Gasteiger partial charge in [0.1, 0.15) is 5.01 Å². The van der Waals surface area contributed by atoms with E-state index in [4.69, 9.17) is 0 Å². The maximum Gasteiger partial charge on any atom is 0.124 e. The number of aromatic nitrogens is 2. The van der Waals surface area contributed by atoms with E-state index in [1.807, 2.05) is 24.3 Å². The highest BCUT2D eigenvalue weighted by Gasteiger charge is 2.06. The monoisotopic (exact) mass is 395 g/mol. The first kappa shape index (κ1) is 14.4. The van der Waals surface area contributed by atoms with Gasteiger partial charge in [-0.2, -0.15) is 0 Å². The van der Waals surface area contributed by atoms with Crippen molar-refractivity contribution in [2.45, 2.75) is 0 Å². The van der Waals surface area contributed by atoms with Gasteiger partial charge in [0.15, 0.2) is 0 Å². The van der Waals surface area contributed by atoms with Gasteiger partial charge >= 0.3 is 0 Å². The molecule has 0 N–H and O–H groups in total. The molecule has 0 fully saturated rings. The minimum absolute atomic E-state index is 0. The Bertz CT molecular complexity index is 651. The smallest absolute Gasteiger partial charge is 0.124 e. The summed E-state index contributed by atoms with van der Waals surface area (Å²) >= 11 is 5.09. The van der Waals surface area contributed by atoms with E-state index in [0.29, 0.717) is 0 Å². The van der Waals surface area contributed by atoms with Crippen molar-refractivity contribution in [2.24, 2.45) is 0 Å². The van der Waals surface area contributed by atoms with E-state index in [9.17, 15) is 0 Å². The molecule has 3 aromatic rings. The first-order valence-corrected chi connectivity index (χ1v) is 7.12. The van der Waals surface area contributed by atoms with E-state index in [1.54, 1.807) is 23.7 Å². The standard InChI is InChI=1S/C14H9BrN2S.BrH/c15-12-3-1-10(2-4-12)13-9-18-14(17-13)11-5-7-16-8-6-11;/h1-9H;1H/p-1. The van der Waals surface area contributed by atoms with E-state index >= 15 is 0 Å². The molecular weight excluding hydrogens is 388 g/mol. The molecular formula is C14H9Br2N2S-. The summed E-state index contributed by atoms with van der Waals surface area (Å²) in [6.07, 6.45) is 3.58. The average molecular weight is 397 g/mol. The molecule has 0 spiro atoms. The van der Waals surface area contributed by atoms with Gasteiger partial charge in [-0.25, -0.2) is 4.98 Å². The fourth-order valence-electron chi connectivity index (χ4n) is 1.65. The first-order valence-electron chi connectivity index (χ1n) is 5.45. The van der Waals surface area contributed by atoms with Crippen LogP contribution in [0.2, 0.25) is 0 Å². The van der Waals surface area contributed by atoms with Crippen LogP contribution in [0.1, 0.15) is 0 Å². The third-order valence-corrected chi connectivity index (χ3v) is 3.99. The molecule has 0 amide bonds. The van der Waals surface area contributed by atoms with Crippen LogP contribution in [0.25, 0.3) is 21.8 Å². The summed E-state index contributed by atoms with van der Waals surface area (Å²) in [4.78, 5) is 8.67. The second-order valence-corrected chi connectivity index (χ2v) is 5.55. The molecule has 5 heteroatoms. The summed E-state index contributed by atoms with van der Waals surface area (Å²) in [5.41, 5.74) is 3.26. The van der Waals surface area contributed by atoms with E-state index in [1.165, 1.54) is 0 Å². The normalized spacial score (nSPS) is 9.95. The number of rotatable bonds is 2. The van der Waals surface area contributed by atoms with Crippen molar-refractivity contribution < 1.29 is 17.0 Å². The van der Waals surface area contributed by atoms with Gasteiger partial charge in [-0.05, 0) is 24.3 Å². The third kappa shape index (κ3) is 3.29. The van der Waals surface area contributed by atoms with Crippen LogP contribution < -0.4 is 17.0 Å². The number of hydrogen-bond acceptors (Lipinski definition) is 3. The van der Waals surface area contributed by atoms with Crippen LogP contribution in [0.4, 0.5) is 0 Å². The predicted octanol–water partition coefficient (Wildman–Crippen LogP) is 1.64. The van der Waals surface area contributed by atoms with Gasteiger partial charge < -0.3 is 17.0 Å². The maximum atomic E-state index is 4.66. The molecule has 0 aliphatic rings. The summed E-state index contributed by atoms with van der Waals surface area (Å²) in [7, 11) is 0. The second kappa shape index (κ2) is 6.41. The molecule has 0 aliphatic heterocycles. The number of benzene rings is 1. The van der Waals surface area contributed by atoms with Crippen molar-refractivity contribution in [3.8, 4) is 21.8 Å². The van der Waals surface area contributed by atoms with E-state index in [-0.39, 0.29) is 17.0 Å². The summed E-state index contributed by atoms with van der Waals surface area (Å²) in [6.45, 7) is 0. The van der Waals surface area contributed by atoms with Gasteiger partial charge in [-0.1, -0.05) is 28.1 Å². The van der Waals surface area contributed by atoms with Crippen LogP contribution in [0, 0.1) is 0 Å². The number of pyridine rings is 1. The van der Waals surface area contributed by atoms with Crippen molar-refractivity contribution in [3.05, 3.63) is 58.6 Å². The highest BCUT2D eigenvalue weighted by atomic mass is 79.9. The Morgan fingerprint density at radius 2 is 1.58 bits per heavy atom. The molecule has 96 valence electrons. The Morgan fingerprint density at radius 1 is 0.895 bits per heavy atom. The molecule has 19 heavy (non-hydrogen) atoms. The Hall–Kier alpha value is -1.04. The molecule has 2 aromatic heterocycles. The molecule has 2 heterocycles. The molecule has 0 radical (unpaired) electrons. The van der Waals surface area contributed by atoms with Crippen LogP contribution in [0.3, 0.4) is 0 Å². The third-order valence-electron chi connectivity index (χ3n) is 2.57. The lowest BCUT2D eigenvalue weighted by Gasteiger charge is -1.97. The molecule has 2 nitrogen and oxygen atoms in total. The van der Waals surface area contributed by atoms with Crippen molar-refractivity contribution >= 4 is 27.3 Å². The summed E-state index contributed by atoms with van der Waals surface area (Å²) in [6, 6.07) is 12.1. The van der Waals surface area contributed by atoms with Gasteiger partial charge in [-0.15, -0.1) is 11.3 Å². The Kier molecular flexibility index (Phi) is 4.85. The molecule has 0 saturated heterocycles. The number of thiazole rings is 1. The van der Waals surface area contributed by atoms with E-state index < -0.39 is 0 Å². The summed E-state index contributed by atoms with van der Waals surface area (Å²) in [5.74, 6) is 0. The number of nitrogens with zero attached hydrogens (tertiary/aromatic N) is 2. The Labute approximate surface area is 134 Å². The molecule has 1 aromatic carbocycles. The Morgan fingerprint density at radius 3 is 2.26 bits per heavy atom. The Balaban J connectivity index is 0.00000133. The molecule has 0 unspecified atom stereocenters. The topological polar surface area (TPSA) is 25.8 Å². The minimum atomic E-state index is 0. The van der Waals surface area contributed by atoms with E-state index in [0.717, 1.165) is 26.3 Å². The fourth-order valence-corrected chi connectivity index (χ4v) is 2.75. The van der Waals surface area contributed by atoms with Gasteiger partial charge in [0.05, 0.1) is 5.69 Å². The number of hydrogen-bond donors (Lipinski definition) is 0. The highest BCUT2D eigenvalue weighted by molar-refractivity contribution is 9.10. The largest absolute Gasteiger partial charge is 1.00 e. The van der Waals surface area contributed by atoms with Gasteiger partial charge in [0.25, 0.3) is 0 Å². The van der Waals surface area contributed by atoms with Crippen molar-refractivity contribution in [1.29, 1.82) is 0 Å². The van der Waals surface area contributed by atoms with Crippen LogP contribution in [-0.4, -0.2) is 9.97 Å². The van der Waals surface area contributed by atoms with E-state index in [2.05, 4.69) is 43.4 Å². The van der Waals surface area contributed by atoms with Crippen LogP contribution in [0.5, 0.6) is 0 Å². The molecule has 0 bridgehead atoms. The maximum absolute atomic E-state index is 4.66. The summed E-state index contributed by atoms with van der Waals surface area (Å²) < 4.78 is 1.08. The molecule has 0 aliphatic carbocycles. The fraction of sp³-hybridized carbons (Fsp3) is 0. The quantitative estimate of drug-likeness (QED) is 0.658. The minimum Gasteiger partial charge on any atom is -1.00 e.